The summed E-state index contributed by atoms with van der Waals surface area (Å²) in [5.41, 5.74) is 2.80. The fraction of sp³-hybridized carbons (Fsp3) is 0.526. The number of aryl methyl sites for hydroxylation is 2. The topological polar surface area (TPSA) is 102 Å². The van der Waals surface area contributed by atoms with Gasteiger partial charge >= 0.3 is 0 Å². The van der Waals surface area contributed by atoms with Gasteiger partial charge in [0.05, 0.1) is 17.3 Å². The summed E-state index contributed by atoms with van der Waals surface area (Å²) in [5.74, 6) is 0.419. The molecule has 1 fully saturated rings. The van der Waals surface area contributed by atoms with Gasteiger partial charge in [-0.15, -0.1) is 0 Å². The minimum absolute atomic E-state index is 0.0613. The second-order valence-corrected chi connectivity index (χ2v) is 10.4. The van der Waals surface area contributed by atoms with Crippen LogP contribution in [0.1, 0.15) is 53.2 Å². The molecule has 2 aromatic heterocycles. The molecule has 0 saturated carbocycles. The van der Waals surface area contributed by atoms with Crippen LogP contribution in [0.15, 0.2) is 22.1 Å². The van der Waals surface area contributed by atoms with Gasteiger partial charge in [0.1, 0.15) is 0 Å². The molecule has 0 bridgehead atoms. The van der Waals surface area contributed by atoms with Crippen LogP contribution in [-0.4, -0.2) is 46.0 Å². The van der Waals surface area contributed by atoms with Gasteiger partial charge in [0.2, 0.25) is 0 Å². The molecule has 1 aliphatic rings. The first-order valence-corrected chi connectivity index (χ1v) is 12.2. The van der Waals surface area contributed by atoms with Crippen LogP contribution in [-0.2, 0) is 16.3 Å². The van der Waals surface area contributed by atoms with E-state index in [0.717, 1.165) is 29.9 Å². The van der Waals surface area contributed by atoms with Crippen LogP contribution < -0.4 is 5.56 Å². The quantitative estimate of drug-likeness (QED) is 0.417. The number of rotatable bonds is 7. The minimum Gasteiger partial charge on any atom is -0.344 e. The molecule has 3 rings (SSSR count). The van der Waals surface area contributed by atoms with Gasteiger partial charge in [-0.05, 0) is 32.8 Å². The summed E-state index contributed by atoms with van der Waals surface area (Å²) >= 11 is 1.21. The van der Waals surface area contributed by atoms with E-state index in [2.05, 4.69) is 9.97 Å². The molecule has 1 saturated heterocycles. The molecule has 1 N–H and O–H groups in total. The van der Waals surface area contributed by atoms with Crippen LogP contribution in [0.5, 0.6) is 0 Å². The molecule has 28 heavy (non-hydrogen) atoms. The summed E-state index contributed by atoms with van der Waals surface area (Å²) in [4.78, 5) is 31.6. The lowest BCUT2D eigenvalue weighted by Gasteiger charge is -2.16. The van der Waals surface area contributed by atoms with Crippen molar-refractivity contribution >= 4 is 27.4 Å². The maximum Gasteiger partial charge on any atom is 0.251 e. The highest BCUT2D eigenvalue weighted by Crippen LogP contribution is 2.29. The van der Waals surface area contributed by atoms with Crippen molar-refractivity contribution in [1.29, 1.82) is 0 Å². The lowest BCUT2D eigenvalue weighted by atomic mass is 10.2. The molecule has 7 nitrogen and oxygen atoms in total. The second-order valence-electron chi connectivity index (χ2n) is 7.22. The number of thioether (sulfide) groups is 1. The first kappa shape index (κ1) is 20.9. The molecule has 0 aliphatic carbocycles. The number of Topliss-reactive ketones (excluding diaryl/α,β-unsaturated/α-hetero) is 1. The zero-order valence-electron chi connectivity index (χ0n) is 16.3. The summed E-state index contributed by atoms with van der Waals surface area (Å²) in [5, 5.41) is 0.444. The Balaban J connectivity index is 1.75. The summed E-state index contributed by atoms with van der Waals surface area (Å²) in [6.45, 7) is 5.78. The number of H-pyrrole nitrogens is 1. The Kier molecular flexibility index (Phi) is 6.14. The van der Waals surface area contributed by atoms with Crippen LogP contribution in [0, 0.1) is 13.8 Å². The number of aromatic nitrogens is 3. The standard InChI is InChI=1S/C19H25N3O4S2/c1-4-5-14-9-18(24)21-19(20-14)27-10-17(23)16-8-12(2)22(13(16)3)15-6-7-28(25,26)11-15/h8-9,15H,4-7,10-11H2,1-3H3,(H,20,21,24)/t15-/m1/s1. The molecule has 152 valence electrons. The summed E-state index contributed by atoms with van der Waals surface area (Å²) in [6.07, 6.45) is 2.19. The van der Waals surface area contributed by atoms with Crippen molar-refractivity contribution in [2.24, 2.45) is 0 Å². The van der Waals surface area contributed by atoms with Crippen LogP contribution in [0.4, 0.5) is 0 Å². The highest BCUT2D eigenvalue weighted by atomic mass is 32.2. The summed E-state index contributed by atoms with van der Waals surface area (Å²) in [6, 6.07) is 3.20. The number of nitrogens with one attached hydrogen (secondary N) is 1. The Hall–Kier alpha value is -1.87. The minimum atomic E-state index is -3.00. The maximum absolute atomic E-state index is 12.8. The molecule has 0 unspecified atom stereocenters. The maximum atomic E-state index is 12.8. The molecule has 9 heteroatoms. The number of hydrogen-bond acceptors (Lipinski definition) is 6. The first-order valence-electron chi connectivity index (χ1n) is 9.35. The fourth-order valence-corrected chi connectivity index (χ4v) is 6.23. The van der Waals surface area contributed by atoms with E-state index < -0.39 is 9.84 Å². The average molecular weight is 424 g/mol. The third-order valence-electron chi connectivity index (χ3n) is 4.98. The normalized spacial score (nSPS) is 18.5. The van der Waals surface area contributed by atoms with Crippen molar-refractivity contribution in [3.8, 4) is 0 Å². The van der Waals surface area contributed by atoms with Crippen molar-refractivity contribution in [2.75, 3.05) is 17.3 Å². The van der Waals surface area contributed by atoms with Crippen LogP contribution in [0.2, 0.25) is 0 Å². The number of aromatic amines is 1. The molecule has 0 spiro atoms. The summed E-state index contributed by atoms with van der Waals surface area (Å²) < 4.78 is 25.6. The number of carbonyl (C=O) groups excluding carboxylic acids is 1. The highest BCUT2D eigenvalue weighted by molar-refractivity contribution is 7.99. The number of sulfone groups is 1. The van der Waals surface area contributed by atoms with E-state index in [1.807, 2.05) is 31.4 Å². The van der Waals surface area contributed by atoms with E-state index >= 15 is 0 Å². The second kappa shape index (κ2) is 8.24. The number of ketones is 1. The molecular weight excluding hydrogens is 398 g/mol. The zero-order chi connectivity index (χ0) is 20.5. The lowest BCUT2D eigenvalue weighted by molar-refractivity contribution is 0.102. The smallest absolute Gasteiger partial charge is 0.251 e. The van der Waals surface area contributed by atoms with Crippen molar-refractivity contribution in [2.45, 2.75) is 51.2 Å². The zero-order valence-corrected chi connectivity index (χ0v) is 18.0. The van der Waals surface area contributed by atoms with E-state index in [9.17, 15) is 18.0 Å². The Morgan fingerprint density at radius 2 is 2.11 bits per heavy atom. The number of nitrogens with zero attached hydrogens (tertiary/aromatic N) is 2. The Bertz CT molecular complexity index is 1050. The van der Waals surface area contributed by atoms with Crippen LogP contribution in [0.3, 0.4) is 0 Å². The van der Waals surface area contributed by atoms with Crippen LogP contribution in [0.25, 0.3) is 0 Å². The summed E-state index contributed by atoms with van der Waals surface area (Å²) in [7, 11) is -3.00. The van der Waals surface area contributed by atoms with E-state index in [4.69, 9.17) is 0 Å². The Labute approximate surface area is 168 Å². The highest BCUT2D eigenvalue weighted by Gasteiger charge is 2.31. The predicted octanol–water partition coefficient (Wildman–Crippen LogP) is 2.48. The van der Waals surface area contributed by atoms with Crippen LogP contribution >= 0.6 is 11.8 Å². The molecule has 2 aromatic rings. The SMILES string of the molecule is CCCc1cc(=O)[nH]c(SCC(=O)c2cc(C)n([C@@H]3CCS(=O)(=O)C3)c2C)n1. The molecule has 0 radical (unpaired) electrons. The third-order valence-corrected chi connectivity index (χ3v) is 7.60. The van der Waals surface area contributed by atoms with Crippen molar-refractivity contribution in [3.63, 3.8) is 0 Å². The molecule has 1 aliphatic heterocycles. The van der Waals surface area contributed by atoms with Gasteiger partial charge in [-0.3, -0.25) is 9.59 Å². The first-order chi connectivity index (χ1) is 13.2. The monoisotopic (exact) mass is 423 g/mol. The van der Waals surface area contributed by atoms with Gasteiger partial charge < -0.3 is 9.55 Å². The third kappa shape index (κ3) is 4.57. The largest absolute Gasteiger partial charge is 0.344 e. The molecule has 0 amide bonds. The van der Waals surface area contributed by atoms with E-state index in [-0.39, 0.29) is 34.6 Å². The molecular formula is C19H25N3O4S2. The Morgan fingerprint density at radius 1 is 1.36 bits per heavy atom. The van der Waals surface area contributed by atoms with E-state index in [1.165, 1.54) is 17.8 Å². The molecule has 1 atom stereocenters. The number of hydrogen-bond donors (Lipinski definition) is 1. The lowest BCUT2D eigenvalue weighted by Crippen LogP contribution is -2.15. The van der Waals surface area contributed by atoms with Crippen molar-refractivity contribution in [1.82, 2.24) is 14.5 Å². The van der Waals surface area contributed by atoms with E-state index in [0.29, 0.717) is 17.1 Å². The van der Waals surface area contributed by atoms with Gasteiger partial charge in [-0.1, -0.05) is 25.1 Å². The van der Waals surface area contributed by atoms with Gasteiger partial charge in [0.15, 0.2) is 20.8 Å². The van der Waals surface area contributed by atoms with Gasteiger partial charge in [-0.25, -0.2) is 13.4 Å². The van der Waals surface area contributed by atoms with Gasteiger partial charge in [0, 0.05) is 34.8 Å². The fourth-order valence-electron chi connectivity index (χ4n) is 3.75. The predicted molar refractivity (Wildman–Crippen MR) is 110 cm³/mol. The molecule has 0 aromatic carbocycles. The van der Waals surface area contributed by atoms with Crippen molar-refractivity contribution in [3.05, 3.63) is 45.1 Å². The average Bonchev–Trinajstić information content (AvgIpc) is 3.11. The van der Waals surface area contributed by atoms with E-state index in [1.54, 1.807) is 0 Å². The Morgan fingerprint density at radius 3 is 2.75 bits per heavy atom. The van der Waals surface area contributed by atoms with Gasteiger partial charge in [0.25, 0.3) is 5.56 Å². The van der Waals surface area contributed by atoms with Crippen molar-refractivity contribution < 1.29 is 13.2 Å². The van der Waals surface area contributed by atoms with Gasteiger partial charge in [-0.2, -0.15) is 0 Å². The number of carbonyl (C=O) groups is 1. The molecule has 3 heterocycles.